The number of carboxylic acid groups (broad SMARTS) is 1. The van der Waals surface area contributed by atoms with Crippen LogP contribution < -0.4 is 5.32 Å². The van der Waals surface area contributed by atoms with E-state index >= 15 is 0 Å². The van der Waals surface area contributed by atoms with E-state index < -0.39 is 11.4 Å². The van der Waals surface area contributed by atoms with E-state index in [-0.39, 0.29) is 24.3 Å². The summed E-state index contributed by atoms with van der Waals surface area (Å²) in [6.07, 6.45) is -0.0325. The summed E-state index contributed by atoms with van der Waals surface area (Å²) in [5.74, 6) is -0.986. The highest BCUT2D eigenvalue weighted by Gasteiger charge is 2.31. The predicted molar refractivity (Wildman–Crippen MR) is 64.7 cm³/mol. The number of carbonyl (C=O) groups is 2. The minimum Gasteiger partial charge on any atom is -0.481 e. The standard InChI is InChI=1S/C12H23NO4/c1-8(2)9(7-17-5)13-10(14)6-12(3,4)11(15)16/h8-9H,6-7H2,1-5H3,(H,13,14)(H,15,16). The monoisotopic (exact) mass is 245 g/mol. The Morgan fingerprint density at radius 1 is 1.35 bits per heavy atom. The van der Waals surface area contributed by atoms with E-state index in [0.29, 0.717) is 6.61 Å². The number of carbonyl (C=O) groups excluding carboxylic acids is 1. The first-order valence-corrected chi connectivity index (χ1v) is 5.72. The molecule has 2 N–H and O–H groups in total. The van der Waals surface area contributed by atoms with Crippen LogP contribution in [0.5, 0.6) is 0 Å². The highest BCUT2D eigenvalue weighted by molar-refractivity contribution is 5.84. The Hall–Kier alpha value is -1.10. The lowest BCUT2D eigenvalue weighted by molar-refractivity contribution is -0.149. The molecule has 0 bridgehead atoms. The zero-order valence-electron chi connectivity index (χ0n) is 11.2. The van der Waals surface area contributed by atoms with E-state index in [9.17, 15) is 9.59 Å². The van der Waals surface area contributed by atoms with Crippen molar-refractivity contribution in [1.29, 1.82) is 0 Å². The van der Waals surface area contributed by atoms with Crippen molar-refractivity contribution in [3.63, 3.8) is 0 Å². The maximum absolute atomic E-state index is 11.7. The van der Waals surface area contributed by atoms with Crippen LogP contribution in [0, 0.1) is 11.3 Å². The molecule has 1 atom stereocenters. The highest BCUT2D eigenvalue weighted by Crippen LogP contribution is 2.20. The topological polar surface area (TPSA) is 75.6 Å². The van der Waals surface area contributed by atoms with Crippen LogP contribution in [0.3, 0.4) is 0 Å². The first-order chi connectivity index (χ1) is 7.70. The minimum absolute atomic E-state index is 0.0325. The Kier molecular flexibility index (Phi) is 6.16. The number of methoxy groups -OCH3 is 1. The number of amides is 1. The van der Waals surface area contributed by atoms with Crippen molar-refractivity contribution in [3.8, 4) is 0 Å². The Morgan fingerprint density at radius 2 is 1.88 bits per heavy atom. The molecule has 0 aromatic rings. The van der Waals surface area contributed by atoms with E-state index in [1.807, 2.05) is 13.8 Å². The van der Waals surface area contributed by atoms with Crippen molar-refractivity contribution in [2.24, 2.45) is 11.3 Å². The number of carboxylic acids is 1. The second-order valence-corrected chi connectivity index (χ2v) is 5.24. The number of ether oxygens (including phenoxy) is 1. The van der Waals surface area contributed by atoms with Gasteiger partial charge in [0.2, 0.25) is 5.91 Å². The average Bonchev–Trinajstić information content (AvgIpc) is 2.15. The van der Waals surface area contributed by atoms with E-state index in [1.54, 1.807) is 7.11 Å². The summed E-state index contributed by atoms with van der Waals surface area (Å²) in [6.45, 7) is 7.46. The molecule has 0 aliphatic rings. The largest absolute Gasteiger partial charge is 0.481 e. The van der Waals surface area contributed by atoms with Crippen LogP contribution in [-0.4, -0.2) is 36.7 Å². The molecule has 1 amide bonds. The fourth-order valence-electron chi connectivity index (χ4n) is 1.32. The zero-order valence-corrected chi connectivity index (χ0v) is 11.2. The molecule has 5 nitrogen and oxygen atoms in total. The van der Waals surface area contributed by atoms with Gasteiger partial charge in [-0.1, -0.05) is 13.8 Å². The molecule has 100 valence electrons. The van der Waals surface area contributed by atoms with Crippen molar-refractivity contribution in [3.05, 3.63) is 0 Å². The minimum atomic E-state index is -1.04. The van der Waals surface area contributed by atoms with E-state index in [4.69, 9.17) is 9.84 Å². The van der Waals surface area contributed by atoms with Crippen LogP contribution in [0.2, 0.25) is 0 Å². The number of nitrogens with one attached hydrogen (secondary N) is 1. The average molecular weight is 245 g/mol. The Morgan fingerprint density at radius 3 is 2.24 bits per heavy atom. The predicted octanol–water partition coefficient (Wildman–Crippen LogP) is 1.27. The van der Waals surface area contributed by atoms with Gasteiger partial charge in [0.15, 0.2) is 0 Å². The van der Waals surface area contributed by atoms with Crippen LogP contribution in [0.25, 0.3) is 0 Å². The zero-order chi connectivity index (χ0) is 13.6. The van der Waals surface area contributed by atoms with Crippen molar-refractivity contribution < 1.29 is 19.4 Å². The van der Waals surface area contributed by atoms with Gasteiger partial charge in [0.25, 0.3) is 0 Å². The van der Waals surface area contributed by atoms with Crippen LogP contribution in [-0.2, 0) is 14.3 Å². The third-order valence-corrected chi connectivity index (χ3v) is 2.68. The highest BCUT2D eigenvalue weighted by atomic mass is 16.5. The molecule has 0 fully saturated rings. The Balaban J connectivity index is 4.38. The molecular weight excluding hydrogens is 222 g/mol. The van der Waals surface area contributed by atoms with E-state index in [2.05, 4.69) is 5.32 Å². The lowest BCUT2D eigenvalue weighted by Gasteiger charge is -2.24. The van der Waals surface area contributed by atoms with Gasteiger partial charge in [0, 0.05) is 13.5 Å². The molecule has 17 heavy (non-hydrogen) atoms. The molecule has 0 aliphatic carbocycles. The molecule has 0 saturated heterocycles. The molecule has 0 radical (unpaired) electrons. The van der Waals surface area contributed by atoms with Crippen molar-refractivity contribution in [1.82, 2.24) is 5.32 Å². The normalized spacial score (nSPS) is 13.5. The van der Waals surface area contributed by atoms with Crippen LogP contribution in [0.1, 0.15) is 34.1 Å². The molecule has 5 heteroatoms. The van der Waals surface area contributed by atoms with Crippen molar-refractivity contribution in [2.45, 2.75) is 40.2 Å². The van der Waals surface area contributed by atoms with Gasteiger partial charge in [0.05, 0.1) is 18.1 Å². The van der Waals surface area contributed by atoms with Crippen LogP contribution in [0.15, 0.2) is 0 Å². The molecular formula is C12H23NO4. The van der Waals surface area contributed by atoms with Crippen LogP contribution >= 0.6 is 0 Å². The summed E-state index contributed by atoms with van der Waals surface area (Å²) in [7, 11) is 1.57. The maximum atomic E-state index is 11.7. The van der Waals surface area contributed by atoms with Gasteiger partial charge in [-0.05, 0) is 19.8 Å². The van der Waals surface area contributed by atoms with E-state index in [0.717, 1.165) is 0 Å². The third-order valence-electron chi connectivity index (χ3n) is 2.68. The van der Waals surface area contributed by atoms with Gasteiger partial charge in [-0.25, -0.2) is 0 Å². The molecule has 0 rings (SSSR count). The van der Waals surface area contributed by atoms with Crippen molar-refractivity contribution >= 4 is 11.9 Å². The van der Waals surface area contributed by atoms with E-state index in [1.165, 1.54) is 13.8 Å². The number of rotatable bonds is 7. The smallest absolute Gasteiger partial charge is 0.309 e. The fourth-order valence-corrected chi connectivity index (χ4v) is 1.32. The first kappa shape index (κ1) is 15.9. The number of hydrogen-bond donors (Lipinski definition) is 2. The summed E-state index contributed by atoms with van der Waals surface area (Å²) < 4.78 is 5.01. The van der Waals surface area contributed by atoms with Gasteiger partial charge >= 0.3 is 5.97 Å². The van der Waals surface area contributed by atoms with Gasteiger partial charge in [-0.2, -0.15) is 0 Å². The van der Waals surface area contributed by atoms with Gasteiger partial charge in [-0.3, -0.25) is 9.59 Å². The quantitative estimate of drug-likeness (QED) is 0.708. The molecule has 1 unspecified atom stereocenters. The fraction of sp³-hybridized carbons (Fsp3) is 0.833. The summed E-state index contributed by atoms with van der Waals surface area (Å²) in [5, 5.41) is 11.7. The SMILES string of the molecule is COCC(NC(=O)CC(C)(C)C(=O)O)C(C)C. The molecule has 0 aromatic heterocycles. The summed E-state index contributed by atoms with van der Waals surface area (Å²) >= 11 is 0. The molecule has 0 saturated carbocycles. The molecule has 0 aromatic carbocycles. The lowest BCUT2D eigenvalue weighted by atomic mass is 9.89. The summed E-state index contributed by atoms with van der Waals surface area (Å²) in [6, 6.07) is -0.0860. The first-order valence-electron chi connectivity index (χ1n) is 5.72. The second-order valence-electron chi connectivity index (χ2n) is 5.24. The molecule has 0 heterocycles. The second kappa shape index (κ2) is 6.59. The number of hydrogen-bond acceptors (Lipinski definition) is 3. The third kappa shape index (κ3) is 5.68. The number of aliphatic carboxylic acids is 1. The van der Waals surface area contributed by atoms with Crippen molar-refractivity contribution in [2.75, 3.05) is 13.7 Å². The maximum Gasteiger partial charge on any atom is 0.309 e. The summed E-state index contributed by atoms with van der Waals surface area (Å²) in [4.78, 5) is 22.6. The molecule has 0 aliphatic heterocycles. The lowest BCUT2D eigenvalue weighted by Crippen LogP contribution is -2.44. The van der Waals surface area contributed by atoms with Gasteiger partial charge in [0.1, 0.15) is 0 Å². The van der Waals surface area contributed by atoms with Crippen LogP contribution in [0.4, 0.5) is 0 Å². The Bertz CT molecular complexity index is 274. The molecule has 0 spiro atoms. The summed E-state index contributed by atoms with van der Waals surface area (Å²) in [5.41, 5.74) is -1.04. The van der Waals surface area contributed by atoms with Gasteiger partial charge < -0.3 is 15.2 Å². The Labute approximate surface area is 103 Å². The van der Waals surface area contributed by atoms with Gasteiger partial charge in [-0.15, -0.1) is 0 Å².